The largest absolute Gasteiger partial charge is 0.337 e. The van der Waals surface area contributed by atoms with Gasteiger partial charge in [-0.1, -0.05) is 13.0 Å². The minimum atomic E-state index is -3.36. The molecule has 1 unspecified atom stereocenters. The number of anilines is 1. The molecule has 152 valence electrons. The van der Waals surface area contributed by atoms with E-state index in [4.69, 9.17) is 0 Å². The molecule has 3 rings (SSSR count). The first-order valence-electron chi connectivity index (χ1n) is 9.33. The number of nitrogens with one attached hydrogen (secondary N) is 2. The summed E-state index contributed by atoms with van der Waals surface area (Å²) in [5.74, 6) is 0.0445. The van der Waals surface area contributed by atoms with E-state index in [1.54, 1.807) is 24.3 Å². The second kappa shape index (κ2) is 9.73. The van der Waals surface area contributed by atoms with Crippen LogP contribution in [-0.4, -0.2) is 75.2 Å². The van der Waals surface area contributed by atoms with E-state index < -0.39 is 10.0 Å². The fourth-order valence-electron chi connectivity index (χ4n) is 3.67. The second-order valence-electron chi connectivity index (χ2n) is 6.98. The van der Waals surface area contributed by atoms with E-state index in [1.807, 2.05) is 11.8 Å². The fourth-order valence-corrected chi connectivity index (χ4v) is 4.79. The fraction of sp³-hybridized carbons (Fsp3) is 0.611. The summed E-state index contributed by atoms with van der Waals surface area (Å²) in [7, 11) is -3.36. The number of likely N-dealkylation sites (tertiary alicyclic amines) is 1. The maximum atomic E-state index is 12.8. The molecule has 0 radical (unpaired) electrons. The van der Waals surface area contributed by atoms with Gasteiger partial charge in [0.15, 0.2) is 0 Å². The number of carbonyl (C=O) groups excluding carboxylic acids is 1. The number of piperazine rings is 1. The highest BCUT2D eigenvalue weighted by molar-refractivity contribution is 7.92. The molecule has 2 saturated heterocycles. The summed E-state index contributed by atoms with van der Waals surface area (Å²) in [6, 6.07) is 7.21. The Morgan fingerprint density at radius 1 is 1.26 bits per heavy atom. The lowest BCUT2D eigenvalue weighted by molar-refractivity contribution is 0.0773. The van der Waals surface area contributed by atoms with Gasteiger partial charge < -0.3 is 10.2 Å². The highest BCUT2D eigenvalue weighted by atomic mass is 35.5. The van der Waals surface area contributed by atoms with Crippen LogP contribution in [0.2, 0.25) is 0 Å². The van der Waals surface area contributed by atoms with E-state index in [0.717, 1.165) is 45.7 Å². The zero-order valence-corrected chi connectivity index (χ0v) is 17.3. The van der Waals surface area contributed by atoms with Crippen molar-refractivity contribution in [3.63, 3.8) is 0 Å². The Morgan fingerprint density at radius 2 is 2.00 bits per heavy atom. The first-order chi connectivity index (χ1) is 12.5. The number of benzene rings is 1. The molecule has 2 aliphatic rings. The van der Waals surface area contributed by atoms with E-state index in [-0.39, 0.29) is 24.1 Å². The molecule has 9 heteroatoms. The average molecular weight is 417 g/mol. The van der Waals surface area contributed by atoms with Crippen LogP contribution < -0.4 is 10.0 Å². The van der Waals surface area contributed by atoms with Gasteiger partial charge in [-0.15, -0.1) is 12.4 Å². The lowest BCUT2D eigenvalue weighted by Gasteiger charge is -2.32. The summed E-state index contributed by atoms with van der Waals surface area (Å²) in [4.78, 5) is 17.2. The molecule has 0 saturated carbocycles. The molecule has 2 heterocycles. The number of nitrogens with zero attached hydrogens (tertiary/aromatic N) is 2. The SMILES string of the molecule is CCCS(=O)(=O)Nc1cccc(C(=O)N2CCC(N3CCNCC3)C2)c1.Cl. The molecule has 0 bridgehead atoms. The van der Waals surface area contributed by atoms with Gasteiger partial charge in [-0.3, -0.25) is 14.4 Å². The van der Waals surface area contributed by atoms with Gasteiger partial charge in [0.2, 0.25) is 10.0 Å². The van der Waals surface area contributed by atoms with Crippen molar-refractivity contribution in [2.24, 2.45) is 0 Å². The third-order valence-corrected chi connectivity index (χ3v) is 6.47. The molecule has 2 N–H and O–H groups in total. The number of hydrogen-bond donors (Lipinski definition) is 2. The highest BCUT2D eigenvalue weighted by Crippen LogP contribution is 2.20. The van der Waals surface area contributed by atoms with Crippen molar-refractivity contribution >= 4 is 34.0 Å². The third kappa shape index (κ3) is 5.81. The van der Waals surface area contributed by atoms with Crippen molar-refractivity contribution in [2.45, 2.75) is 25.8 Å². The molecule has 2 fully saturated rings. The maximum absolute atomic E-state index is 12.8. The van der Waals surface area contributed by atoms with E-state index in [1.165, 1.54) is 0 Å². The van der Waals surface area contributed by atoms with Crippen LogP contribution in [0.3, 0.4) is 0 Å². The number of amides is 1. The van der Waals surface area contributed by atoms with Gasteiger partial charge in [0.1, 0.15) is 0 Å². The van der Waals surface area contributed by atoms with E-state index in [0.29, 0.717) is 23.7 Å². The molecule has 27 heavy (non-hydrogen) atoms. The Balaban J connectivity index is 0.00000261. The van der Waals surface area contributed by atoms with Gasteiger partial charge in [-0.25, -0.2) is 8.42 Å². The van der Waals surface area contributed by atoms with Crippen LogP contribution in [-0.2, 0) is 10.0 Å². The Labute approximate surface area is 167 Å². The maximum Gasteiger partial charge on any atom is 0.253 e. The first-order valence-corrected chi connectivity index (χ1v) is 11.0. The molecule has 1 aromatic carbocycles. The monoisotopic (exact) mass is 416 g/mol. The summed E-state index contributed by atoms with van der Waals surface area (Å²) in [5, 5.41) is 3.35. The van der Waals surface area contributed by atoms with E-state index in [2.05, 4.69) is 14.9 Å². The molecule has 0 aromatic heterocycles. The van der Waals surface area contributed by atoms with Gasteiger partial charge in [0, 0.05) is 56.6 Å². The molecule has 7 nitrogen and oxygen atoms in total. The third-order valence-electron chi connectivity index (χ3n) is 4.97. The van der Waals surface area contributed by atoms with E-state index >= 15 is 0 Å². The standard InChI is InChI=1S/C18H28N4O3S.ClH/c1-2-12-26(24,25)20-16-5-3-4-15(13-16)18(23)22-9-6-17(14-22)21-10-7-19-8-11-21;/h3-5,13,17,19-20H,2,6-12,14H2,1H3;1H. The van der Waals surface area contributed by atoms with Crippen molar-refractivity contribution in [1.29, 1.82) is 0 Å². The van der Waals surface area contributed by atoms with E-state index in [9.17, 15) is 13.2 Å². The van der Waals surface area contributed by atoms with Crippen molar-refractivity contribution in [3.05, 3.63) is 29.8 Å². The van der Waals surface area contributed by atoms with Gasteiger partial charge in [-0.2, -0.15) is 0 Å². The van der Waals surface area contributed by atoms with Crippen LogP contribution in [0.4, 0.5) is 5.69 Å². The Hall–Kier alpha value is -1.35. The summed E-state index contributed by atoms with van der Waals surface area (Å²) < 4.78 is 26.4. The first kappa shape index (κ1) is 21.9. The van der Waals surface area contributed by atoms with Crippen molar-refractivity contribution in [2.75, 3.05) is 49.7 Å². The van der Waals surface area contributed by atoms with Gasteiger partial charge in [-0.05, 0) is 31.0 Å². The number of halogens is 1. The lowest BCUT2D eigenvalue weighted by atomic mass is 10.2. The highest BCUT2D eigenvalue weighted by Gasteiger charge is 2.31. The molecule has 1 aromatic rings. The summed E-state index contributed by atoms with van der Waals surface area (Å²) in [6.07, 6.45) is 1.55. The van der Waals surface area contributed by atoms with Gasteiger partial charge >= 0.3 is 0 Å². The molecule has 1 atom stereocenters. The second-order valence-corrected chi connectivity index (χ2v) is 8.82. The molecular formula is C18H29ClN4O3S. The number of sulfonamides is 1. The van der Waals surface area contributed by atoms with Crippen LogP contribution in [0.25, 0.3) is 0 Å². The smallest absolute Gasteiger partial charge is 0.253 e. The van der Waals surface area contributed by atoms with Crippen LogP contribution in [0.5, 0.6) is 0 Å². The quantitative estimate of drug-likeness (QED) is 0.732. The minimum Gasteiger partial charge on any atom is -0.337 e. The van der Waals surface area contributed by atoms with Crippen molar-refractivity contribution in [3.8, 4) is 0 Å². The molecule has 2 aliphatic heterocycles. The molecule has 0 aliphatic carbocycles. The average Bonchev–Trinajstić information content (AvgIpc) is 3.11. The number of rotatable bonds is 6. The Kier molecular flexibility index (Phi) is 7.91. The molecule has 0 spiro atoms. The number of hydrogen-bond acceptors (Lipinski definition) is 5. The Bertz CT molecular complexity index is 738. The Morgan fingerprint density at radius 3 is 2.70 bits per heavy atom. The predicted octanol–water partition coefficient (Wildman–Crippen LogP) is 1.38. The predicted molar refractivity (Wildman–Crippen MR) is 110 cm³/mol. The van der Waals surface area contributed by atoms with Crippen LogP contribution in [0, 0.1) is 0 Å². The lowest BCUT2D eigenvalue weighted by Crippen LogP contribution is -2.49. The minimum absolute atomic E-state index is 0. The van der Waals surface area contributed by atoms with Crippen molar-refractivity contribution in [1.82, 2.24) is 15.1 Å². The van der Waals surface area contributed by atoms with Gasteiger partial charge in [0.25, 0.3) is 5.91 Å². The van der Waals surface area contributed by atoms with Crippen LogP contribution in [0.15, 0.2) is 24.3 Å². The molecular weight excluding hydrogens is 388 g/mol. The van der Waals surface area contributed by atoms with Gasteiger partial charge in [0.05, 0.1) is 5.75 Å². The van der Waals surface area contributed by atoms with Crippen LogP contribution in [0.1, 0.15) is 30.1 Å². The summed E-state index contributed by atoms with van der Waals surface area (Å²) >= 11 is 0. The summed E-state index contributed by atoms with van der Waals surface area (Å²) in [5.41, 5.74) is 0.977. The zero-order chi connectivity index (χ0) is 18.6. The molecule has 1 amide bonds. The summed E-state index contributed by atoms with van der Waals surface area (Å²) in [6.45, 7) is 7.38. The number of carbonyl (C=O) groups is 1. The van der Waals surface area contributed by atoms with Crippen molar-refractivity contribution < 1.29 is 13.2 Å². The zero-order valence-electron chi connectivity index (χ0n) is 15.7. The normalized spacial score (nSPS) is 20.9. The van der Waals surface area contributed by atoms with Crippen LogP contribution >= 0.6 is 12.4 Å². The topological polar surface area (TPSA) is 81.8 Å².